The van der Waals surface area contributed by atoms with E-state index in [1.54, 1.807) is 64.6 Å². The van der Waals surface area contributed by atoms with Gasteiger partial charge < -0.3 is 14.5 Å². The summed E-state index contributed by atoms with van der Waals surface area (Å²) in [7, 11) is 1.57. The largest absolute Gasteiger partial charge is 0.497 e. The zero-order chi connectivity index (χ0) is 24.7. The standard InChI is InChI=1S/C27H31FN2O3S/c1-19(2)15-30(27(32)22-8-12-24(33-4)13-9-22)18-26(31)29(17-25-14-5-20(3)34-25)16-21-6-10-23(28)11-7-21/h5-14,19H,15-18H2,1-4H3. The zero-order valence-corrected chi connectivity index (χ0v) is 20.9. The minimum Gasteiger partial charge on any atom is -0.497 e. The normalized spacial score (nSPS) is 10.9. The first kappa shape index (κ1) is 25.4. The third-order valence-electron chi connectivity index (χ3n) is 5.32. The molecule has 0 bridgehead atoms. The number of carbonyl (C=O) groups excluding carboxylic acids is 2. The van der Waals surface area contributed by atoms with Gasteiger partial charge in [0.2, 0.25) is 5.91 Å². The molecule has 5 nitrogen and oxygen atoms in total. The average molecular weight is 483 g/mol. The van der Waals surface area contributed by atoms with Crippen molar-refractivity contribution in [3.05, 3.63) is 87.4 Å². The molecule has 34 heavy (non-hydrogen) atoms. The summed E-state index contributed by atoms with van der Waals surface area (Å²) in [5.74, 6) is 0.195. The fourth-order valence-corrected chi connectivity index (χ4v) is 4.55. The first-order chi connectivity index (χ1) is 16.2. The van der Waals surface area contributed by atoms with Crippen LogP contribution in [0.1, 0.15) is 39.5 Å². The molecule has 0 spiro atoms. The number of carbonyl (C=O) groups is 2. The summed E-state index contributed by atoms with van der Waals surface area (Å²) in [4.78, 5) is 32.3. The minimum absolute atomic E-state index is 0.0331. The number of aryl methyl sites for hydroxylation is 1. The van der Waals surface area contributed by atoms with Gasteiger partial charge in [-0.2, -0.15) is 0 Å². The molecule has 7 heteroatoms. The van der Waals surface area contributed by atoms with Crippen molar-refractivity contribution >= 4 is 23.2 Å². The van der Waals surface area contributed by atoms with Crippen LogP contribution in [0.25, 0.3) is 0 Å². The van der Waals surface area contributed by atoms with Crippen molar-refractivity contribution in [2.45, 2.75) is 33.9 Å². The Morgan fingerprint density at radius 3 is 2.18 bits per heavy atom. The molecule has 0 saturated carbocycles. The van der Waals surface area contributed by atoms with Crippen molar-refractivity contribution in [3.8, 4) is 5.75 Å². The minimum atomic E-state index is -0.316. The molecule has 1 heterocycles. The van der Waals surface area contributed by atoms with Crippen LogP contribution in [0.4, 0.5) is 4.39 Å². The van der Waals surface area contributed by atoms with Crippen molar-refractivity contribution in [1.82, 2.24) is 9.80 Å². The molecule has 0 N–H and O–H groups in total. The monoisotopic (exact) mass is 482 g/mol. The van der Waals surface area contributed by atoms with Gasteiger partial charge in [0.05, 0.1) is 13.7 Å². The summed E-state index contributed by atoms with van der Waals surface area (Å²) in [5, 5.41) is 0. The van der Waals surface area contributed by atoms with Crippen LogP contribution >= 0.6 is 11.3 Å². The Bertz CT molecular complexity index is 1090. The number of nitrogens with zero attached hydrogens (tertiary/aromatic N) is 2. The summed E-state index contributed by atoms with van der Waals surface area (Å²) in [5.41, 5.74) is 1.34. The van der Waals surface area contributed by atoms with Gasteiger partial charge in [-0.25, -0.2) is 4.39 Å². The van der Waals surface area contributed by atoms with Gasteiger partial charge in [-0.3, -0.25) is 9.59 Å². The topological polar surface area (TPSA) is 49.9 Å². The molecule has 0 aliphatic rings. The van der Waals surface area contributed by atoms with Gasteiger partial charge in [-0.1, -0.05) is 26.0 Å². The maximum absolute atomic E-state index is 13.5. The highest BCUT2D eigenvalue weighted by atomic mass is 32.1. The number of benzene rings is 2. The Balaban J connectivity index is 1.81. The highest BCUT2D eigenvalue weighted by molar-refractivity contribution is 7.11. The van der Waals surface area contributed by atoms with Crippen LogP contribution in [0.3, 0.4) is 0 Å². The maximum atomic E-state index is 13.5. The van der Waals surface area contributed by atoms with Crippen LogP contribution in [0, 0.1) is 18.7 Å². The molecule has 1 aromatic heterocycles. The first-order valence-electron chi connectivity index (χ1n) is 11.3. The van der Waals surface area contributed by atoms with Gasteiger partial charge in [0.15, 0.2) is 0 Å². The van der Waals surface area contributed by atoms with Crippen LogP contribution in [0.5, 0.6) is 5.75 Å². The van der Waals surface area contributed by atoms with E-state index in [9.17, 15) is 14.0 Å². The molecule has 0 unspecified atom stereocenters. The summed E-state index contributed by atoms with van der Waals surface area (Å²) >= 11 is 1.64. The average Bonchev–Trinajstić information content (AvgIpc) is 3.23. The van der Waals surface area contributed by atoms with E-state index >= 15 is 0 Å². The Hall–Kier alpha value is -3.19. The zero-order valence-electron chi connectivity index (χ0n) is 20.1. The molecule has 3 aromatic rings. The number of halogens is 1. The van der Waals surface area contributed by atoms with Gasteiger partial charge >= 0.3 is 0 Å². The van der Waals surface area contributed by atoms with Crippen LogP contribution < -0.4 is 4.74 Å². The fraction of sp³-hybridized carbons (Fsp3) is 0.333. The molecule has 0 saturated heterocycles. The lowest BCUT2D eigenvalue weighted by Gasteiger charge is -2.29. The van der Waals surface area contributed by atoms with E-state index in [-0.39, 0.29) is 30.1 Å². The third-order valence-corrected chi connectivity index (χ3v) is 6.30. The second kappa shape index (κ2) is 11.8. The molecule has 2 amide bonds. The number of rotatable bonds is 10. The molecular formula is C27H31FN2O3S. The number of hydrogen-bond donors (Lipinski definition) is 0. The number of hydrogen-bond acceptors (Lipinski definition) is 4. The lowest BCUT2D eigenvalue weighted by Crippen LogP contribution is -2.43. The van der Waals surface area contributed by atoms with E-state index < -0.39 is 0 Å². The molecule has 3 rings (SSSR count). The Morgan fingerprint density at radius 1 is 0.941 bits per heavy atom. The molecule has 0 atom stereocenters. The van der Waals surface area contributed by atoms with Gasteiger partial charge in [0, 0.05) is 28.4 Å². The van der Waals surface area contributed by atoms with Crippen LogP contribution in [0.15, 0.2) is 60.7 Å². The van der Waals surface area contributed by atoms with Crippen molar-refractivity contribution in [3.63, 3.8) is 0 Å². The number of amides is 2. The molecule has 2 aromatic carbocycles. The SMILES string of the molecule is COc1ccc(C(=O)N(CC(=O)N(Cc2ccc(F)cc2)Cc2ccc(C)s2)CC(C)C)cc1. The third kappa shape index (κ3) is 7.15. The summed E-state index contributed by atoms with van der Waals surface area (Å²) in [6.45, 7) is 7.25. The highest BCUT2D eigenvalue weighted by Crippen LogP contribution is 2.20. The van der Waals surface area contributed by atoms with Gasteiger partial charge in [-0.05, 0) is 66.9 Å². The second-order valence-electron chi connectivity index (χ2n) is 8.70. The van der Waals surface area contributed by atoms with Crippen molar-refractivity contribution in [2.75, 3.05) is 20.2 Å². The Kier molecular flexibility index (Phi) is 8.82. The Labute approximate surface area is 204 Å². The molecule has 0 aliphatic carbocycles. The second-order valence-corrected chi connectivity index (χ2v) is 10.1. The van der Waals surface area contributed by atoms with Gasteiger partial charge in [0.25, 0.3) is 5.91 Å². The van der Waals surface area contributed by atoms with Gasteiger partial charge in [0.1, 0.15) is 18.1 Å². The number of thiophene rings is 1. The van der Waals surface area contributed by atoms with E-state index in [0.717, 1.165) is 10.4 Å². The van der Waals surface area contributed by atoms with Crippen LogP contribution in [-0.2, 0) is 17.9 Å². The van der Waals surface area contributed by atoms with Crippen LogP contribution in [-0.4, -0.2) is 41.8 Å². The predicted octanol–water partition coefficient (Wildman–Crippen LogP) is 5.53. The smallest absolute Gasteiger partial charge is 0.254 e. The molecule has 0 fully saturated rings. The van der Waals surface area contributed by atoms with E-state index in [0.29, 0.717) is 30.9 Å². The van der Waals surface area contributed by atoms with Crippen molar-refractivity contribution in [1.29, 1.82) is 0 Å². The van der Waals surface area contributed by atoms with E-state index in [2.05, 4.69) is 0 Å². The van der Waals surface area contributed by atoms with E-state index in [1.165, 1.54) is 17.0 Å². The first-order valence-corrected chi connectivity index (χ1v) is 12.1. The molecule has 180 valence electrons. The molecular weight excluding hydrogens is 451 g/mol. The lowest BCUT2D eigenvalue weighted by atomic mass is 10.1. The summed E-state index contributed by atoms with van der Waals surface area (Å²) < 4.78 is 18.6. The molecule has 0 aliphatic heterocycles. The predicted molar refractivity (Wildman–Crippen MR) is 133 cm³/mol. The van der Waals surface area contributed by atoms with E-state index in [1.807, 2.05) is 32.9 Å². The van der Waals surface area contributed by atoms with Crippen molar-refractivity contribution in [2.24, 2.45) is 5.92 Å². The summed E-state index contributed by atoms with van der Waals surface area (Å²) in [6.07, 6.45) is 0. The fourth-order valence-electron chi connectivity index (χ4n) is 3.64. The quantitative estimate of drug-likeness (QED) is 0.382. The Morgan fingerprint density at radius 2 is 1.62 bits per heavy atom. The molecule has 0 radical (unpaired) electrons. The number of ether oxygens (including phenoxy) is 1. The lowest BCUT2D eigenvalue weighted by molar-refractivity contribution is -0.133. The van der Waals surface area contributed by atoms with Gasteiger partial charge in [-0.15, -0.1) is 11.3 Å². The number of methoxy groups -OCH3 is 1. The van der Waals surface area contributed by atoms with E-state index in [4.69, 9.17) is 4.74 Å². The maximum Gasteiger partial charge on any atom is 0.254 e. The van der Waals surface area contributed by atoms with Crippen LogP contribution in [0.2, 0.25) is 0 Å². The summed E-state index contributed by atoms with van der Waals surface area (Å²) in [6, 6.07) is 17.1. The highest BCUT2D eigenvalue weighted by Gasteiger charge is 2.24. The van der Waals surface area contributed by atoms with Crippen molar-refractivity contribution < 1.29 is 18.7 Å².